The lowest BCUT2D eigenvalue weighted by Gasteiger charge is -2.27. The Balaban J connectivity index is 1.22. The Kier molecular flexibility index (Phi) is 9.29. The van der Waals surface area contributed by atoms with E-state index in [1.54, 1.807) is 31.2 Å². The van der Waals surface area contributed by atoms with Crippen molar-refractivity contribution in [3.05, 3.63) is 83.7 Å². The van der Waals surface area contributed by atoms with E-state index >= 15 is 0 Å². The van der Waals surface area contributed by atoms with E-state index < -0.39 is 41.1 Å². The van der Waals surface area contributed by atoms with Crippen LogP contribution < -0.4 is 10.2 Å². The second kappa shape index (κ2) is 13.7. The number of nitrogens with zero attached hydrogens (tertiary/aromatic N) is 7. The molecule has 4 aromatic carbocycles. The standard InChI is InChI=1S/C32H28N8O9S3/c1-19-33-31(36-32(34-19)39-12-14-49-15-13-39)35-22-10-8-20(28(16-22)51(43,44)45)6-7-21-9-11-23(17-29(21)52(46,47)48)40-37-26-18-27(50(41)42)24-4-2-3-5-25(24)30(26)38-40/h2-11,16-18H,12-15H2,1H3,(H,41,42)(H,43,44,45)(H,46,47,48)(H,33,34,35,36). The number of fused-ring (bicyclic) bond motifs is 3. The van der Waals surface area contributed by atoms with Crippen molar-refractivity contribution in [1.82, 2.24) is 29.9 Å². The summed E-state index contributed by atoms with van der Waals surface area (Å²) in [4.78, 5) is 15.2. The van der Waals surface area contributed by atoms with Gasteiger partial charge in [0.2, 0.25) is 11.9 Å². The molecule has 1 aliphatic heterocycles. The van der Waals surface area contributed by atoms with Crippen LogP contribution in [0.2, 0.25) is 0 Å². The average Bonchev–Trinajstić information content (AvgIpc) is 3.55. The molecule has 2 aromatic heterocycles. The summed E-state index contributed by atoms with van der Waals surface area (Å²) in [5.41, 5.74) is 1.01. The molecule has 1 fully saturated rings. The molecule has 3 heterocycles. The Labute approximate surface area is 298 Å². The molecular weight excluding hydrogens is 737 g/mol. The number of anilines is 3. The monoisotopic (exact) mass is 764 g/mol. The van der Waals surface area contributed by atoms with Crippen molar-refractivity contribution < 1.29 is 39.4 Å². The minimum atomic E-state index is -4.85. The molecular formula is C32H28N8O9S3. The first kappa shape index (κ1) is 35.2. The zero-order valence-electron chi connectivity index (χ0n) is 27.0. The largest absolute Gasteiger partial charge is 0.378 e. The highest BCUT2D eigenvalue weighted by Gasteiger charge is 2.21. The van der Waals surface area contributed by atoms with Crippen LogP contribution >= 0.6 is 0 Å². The van der Waals surface area contributed by atoms with Crippen molar-refractivity contribution in [3.8, 4) is 5.69 Å². The SMILES string of the molecule is Cc1nc(Nc2ccc(C=Cc3ccc(-n4nc5cc(S(=O)O)c6ccccc6c5n4)cc3S(=O)(=O)O)c(S(=O)(=O)O)c2)nc(N2CCOCC2)n1. The number of rotatable bonds is 9. The maximum Gasteiger partial charge on any atom is 0.295 e. The van der Waals surface area contributed by atoms with Gasteiger partial charge in [-0.1, -0.05) is 48.6 Å². The van der Waals surface area contributed by atoms with Crippen LogP contribution in [0.1, 0.15) is 17.0 Å². The first-order chi connectivity index (χ1) is 24.7. The van der Waals surface area contributed by atoms with E-state index in [2.05, 4.69) is 30.5 Å². The first-order valence-corrected chi connectivity index (χ1v) is 19.4. The van der Waals surface area contributed by atoms with Gasteiger partial charge >= 0.3 is 0 Å². The molecule has 268 valence electrons. The molecule has 0 bridgehead atoms. The van der Waals surface area contributed by atoms with Crippen LogP contribution in [-0.4, -0.2) is 91.0 Å². The molecule has 1 unspecified atom stereocenters. The van der Waals surface area contributed by atoms with Gasteiger partial charge in [0.25, 0.3) is 20.2 Å². The van der Waals surface area contributed by atoms with Gasteiger partial charge in [0.15, 0.2) is 11.1 Å². The van der Waals surface area contributed by atoms with Gasteiger partial charge in [-0.2, -0.15) is 36.6 Å². The normalized spacial score (nSPS) is 14.7. The van der Waals surface area contributed by atoms with Crippen LogP contribution in [0.15, 0.2) is 81.4 Å². The minimum Gasteiger partial charge on any atom is -0.378 e. The third kappa shape index (κ3) is 7.25. The molecule has 52 heavy (non-hydrogen) atoms. The zero-order chi connectivity index (χ0) is 36.8. The molecule has 0 saturated carbocycles. The van der Waals surface area contributed by atoms with E-state index in [-0.39, 0.29) is 38.9 Å². The Hall–Kier alpha value is -5.22. The Morgan fingerprint density at radius 3 is 2.15 bits per heavy atom. The molecule has 1 saturated heterocycles. The van der Waals surface area contributed by atoms with Crippen LogP contribution in [0.3, 0.4) is 0 Å². The molecule has 0 amide bonds. The summed E-state index contributed by atoms with van der Waals surface area (Å²) in [6.45, 7) is 3.90. The van der Waals surface area contributed by atoms with Gasteiger partial charge in [0.05, 0.1) is 23.8 Å². The van der Waals surface area contributed by atoms with Crippen LogP contribution in [0.5, 0.6) is 0 Å². The minimum absolute atomic E-state index is 0.00296. The first-order valence-electron chi connectivity index (χ1n) is 15.4. The van der Waals surface area contributed by atoms with Crippen molar-refractivity contribution in [2.24, 2.45) is 0 Å². The number of hydrogen-bond acceptors (Lipinski definition) is 13. The van der Waals surface area contributed by atoms with E-state index in [0.29, 0.717) is 54.4 Å². The summed E-state index contributed by atoms with van der Waals surface area (Å²) in [5.74, 6) is 0.994. The van der Waals surface area contributed by atoms with Gasteiger partial charge in [-0.3, -0.25) is 9.11 Å². The topological polar surface area (TPSA) is 240 Å². The fraction of sp³-hybridized carbons (Fsp3) is 0.156. The molecule has 4 N–H and O–H groups in total. The summed E-state index contributed by atoms with van der Waals surface area (Å²) in [6, 6.07) is 16.3. The number of hydrogen-bond donors (Lipinski definition) is 4. The average molecular weight is 765 g/mol. The van der Waals surface area contributed by atoms with Crippen molar-refractivity contribution in [2.45, 2.75) is 21.6 Å². The highest BCUT2D eigenvalue weighted by molar-refractivity contribution is 7.86. The van der Waals surface area contributed by atoms with Crippen LogP contribution in [-0.2, 0) is 36.1 Å². The lowest BCUT2D eigenvalue weighted by Crippen LogP contribution is -2.37. The molecule has 0 aliphatic carbocycles. The maximum absolute atomic E-state index is 12.5. The van der Waals surface area contributed by atoms with Gasteiger partial charge < -0.3 is 19.5 Å². The Morgan fingerprint density at radius 2 is 1.48 bits per heavy atom. The highest BCUT2D eigenvalue weighted by Crippen LogP contribution is 2.30. The van der Waals surface area contributed by atoms with E-state index in [4.69, 9.17) is 4.74 Å². The van der Waals surface area contributed by atoms with Crippen molar-refractivity contribution >= 4 is 82.9 Å². The van der Waals surface area contributed by atoms with Gasteiger partial charge in [0, 0.05) is 29.5 Å². The van der Waals surface area contributed by atoms with E-state index in [1.807, 2.05) is 4.90 Å². The fourth-order valence-corrected chi connectivity index (χ4v) is 7.68. The van der Waals surface area contributed by atoms with Crippen molar-refractivity contribution in [3.63, 3.8) is 0 Å². The van der Waals surface area contributed by atoms with Crippen LogP contribution in [0, 0.1) is 6.92 Å². The van der Waals surface area contributed by atoms with Gasteiger partial charge in [0.1, 0.15) is 26.6 Å². The third-order valence-corrected chi connectivity index (χ3v) is 10.6. The van der Waals surface area contributed by atoms with Crippen LogP contribution in [0.25, 0.3) is 39.6 Å². The predicted molar refractivity (Wildman–Crippen MR) is 191 cm³/mol. The summed E-state index contributed by atoms with van der Waals surface area (Å²) in [7, 11) is -9.64. The summed E-state index contributed by atoms with van der Waals surface area (Å²) in [6.07, 6.45) is 2.53. The molecule has 17 nitrogen and oxygen atoms in total. The highest BCUT2D eigenvalue weighted by atomic mass is 32.2. The number of nitrogens with one attached hydrogen (secondary N) is 1. The quantitative estimate of drug-likeness (QED) is 0.0927. The number of aromatic nitrogens is 6. The smallest absolute Gasteiger partial charge is 0.295 e. The predicted octanol–water partition coefficient (Wildman–Crippen LogP) is 3.89. The summed E-state index contributed by atoms with van der Waals surface area (Å²) in [5, 5.41) is 12.8. The molecule has 0 spiro atoms. The molecule has 0 radical (unpaired) electrons. The molecule has 1 aliphatic rings. The molecule has 20 heteroatoms. The lowest BCUT2D eigenvalue weighted by atomic mass is 10.1. The number of ether oxygens (including phenoxy) is 1. The van der Waals surface area contributed by atoms with E-state index in [1.165, 1.54) is 48.6 Å². The second-order valence-corrected chi connectivity index (χ2v) is 15.2. The third-order valence-electron chi connectivity index (χ3n) is 8.07. The van der Waals surface area contributed by atoms with Gasteiger partial charge in [-0.15, -0.1) is 10.2 Å². The summed E-state index contributed by atoms with van der Waals surface area (Å²) < 4.78 is 97.6. The number of aryl methyl sites for hydroxylation is 1. The van der Waals surface area contributed by atoms with Gasteiger partial charge in [-0.05, 0) is 48.4 Å². The molecule has 6 aromatic rings. The van der Waals surface area contributed by atoms with Crippen molar-refractivity contribution in [2.75, 3.05) is 36.5 Å². The van der Waals surface area contributed by atoms with Gasteiger partial charge in [-0.25, -0.2) is 4.21 Å². The van der Waals surface area contributed by atoms with Crippen LogP contribution in [0.4, 0.5) is 17.6 Å². The number of benzene rings is 4. The fourth-order valence-electron chi connectivity index (χ4n) is 5.69. The lowest BCUT2D eigenvalue weighted by molar-refractivity contribution is 0.122. The van der Waals surface area contributed by atoms with E-state index in [9.17, 15) is 34.7 Å². The maximum atomic E-state index is 12.5. The molecule has 7 rings (SSSR count). The zero-order valence-corrected chi connectivity index (χ0v) is 29.4. The van der Waals surface area contributed by atoms with E-state index in [0.717, 1.165) is 10.9 Å². The summed E-state index contributed by atoms with van der Waals surface area (Å²) >= 11 is -2.32. The van der Waals surface area contributed by atoms with Crippen molar-refractivity contribution in [1.29, 1.82) is 0 Å². The Morgan fingerprint density at radius 1 is 0.827 bits per heavy atom. The molecule has 1 atom stereocenters. The number of morpholine rings is 1. The second-order valence-electron chi connectivity index (χ2n) is 11.5. The Bertz CT molecular complexity index is 2660.